The van der Waals surface area contributed by atoms with E-state index in [2.05, 4.69) is 10.1 Å². The van der Waals surface area contributed by atoms with Gasteiger partial charge in [0, 0.05) is 25.2 Å². The van der Waals surface area contributed by atoms with Gasteiger partial charge in [0.2, 0.25) is 0 Å². The molecule has 2 aromatic carbocycles. The molecule has 0 unspecified atom stereocenters. The van der Waals surface area contributed by atoms with E-state index >= 15 is 0 Å². The summed E-state index contributed by atoms with van der Waals surface area (Å²) in [5.74, 6) is -0.293. The van der Waals surface area contributed by atoms with Crippen molar-refractivity contribution in [1.82, 2.24) is 19.7 Å². The average molecular weight is 351 g/mol. The van der Waals surface area contributed by atoms with E-state index in [1.54, 1.807) is 13.1 Å². The quantitative estimate of drug-likeness (QED) is 0.520. The molecule has 1 aromatic heterocycles. The summed E-state index contributed by atoms with van der Waals surface area (Å²) in [4.78, 5) is 28.8. The van der Waals surface area contributed by atoms with E-state index < -0.39 is 4.92 Å². The third-order valence-corrected chi connectivity index (χ3v) is 3.97. The Morgan fingerprint density at radius 2 is 1.96 bits per heavy atom. The van der Waals surface area contributed by atoms with Gasteiger partial charge < -0.3 is 4.90 Å². The first-order valence-electron chi connectivity index (χ1n) is 7.90. The molecule has 0 N–H and O–H groups in total. The molecule has 0 saturated heterocycles. The normalized spacial score (nSPS) is 10.5. The Morgan fingerprint density at radius 1 is 1.23 bits per heavy atom. The van der Waals surface area contributed by atoms with Crippen LogP contribution in [0.4, 0.5) is 5.69 Å². The molecule has 0 aliphatic heterocycles. The molecule has 0 saturated carbocycles. The number of rotatable bonds is 5. The highest BCUT2D eigenvalue weighted by Crippen LogP contribution is 2.24. The highest BCUT2D eigenvalue weighted by Gasteiger charge is 2.21. The molecule has 26 heavy (non-hydrogen) atoms. The van der Waals surface area contributed by atoms with E-state index in [0.717, 1.165) is 11.1 Å². The molecule has 132 valence electrons. The molecule has 8 heteroatoms. The fourth-order valence-corrected chi connectivity index (χ4v) is 2.59. The predicted octanol–water partition coefficient (Wildman–Crippen LogP) is 2.76. The number of nitro groups is 1. The van der Waals surface area contributed by atoms with E-state index in [9.17, 15) is 14.9 Å². The standard InChI is InChI=1S/C18H17N5O3/c1-13-3-5-14(6-4-13)10-21(2)18(24)15-7-8-16(17(9-15)23(25)26)22-12-19-11-20-22/h3-9,11-12H,10H2,1-2H3. The fraction of sp³-hybridized carbons (Fsp3) is 0.167. The third-order valence-electron chi connectivity index (χ3n) is 3.97. The third kappa shape index (κ3) is 3.59. The molecule has 0 radical (unpaired) electrons. The van der Waals surface area contributed by atoms with Crippen molar-refractivity contribution in [3.63, 3.8) is 0 Å². The van der Waals surface area contributed by atoms with Gasteiger partial charge in [-0.15, -0.1) is 0 Å². The Balaban J connectivity index is 1.86. The van der Waals surface area contributed by atoms with Crippen LogP contribution < -0.4 is 0 Å². The van der Waals surface area contributed by atoms with Crippen molar-refractivity contribution in [3.8, 4) is 5.69 Å². The number of benzene rings is 2. The van der Waals surface area contributed by atoms with Crippen LogP contribution in [0.25, 0.3) is 5.69 Å². The predicted molar refractivity (Wildman–Crippen MR) is 95.0 cm³/mol. The van der Waals surface area contributed by atoms with E-state index in [-0.39, 0.29) is 22.8 Å². The van der Waals surface area contributed by atoms with Gasteiger partial charge in [-0.3, -0.25) is 14.9 Å². The summed E-state index contributed by atoms with van der Waals surface area (Å²) in [6.07, 6.45) is 2.66. The minimum absolute atomic E-state index is 0.204. The first-order chi connectivity index (χ1) is 12.5. The number of aryl methyl sites for hydroxylation is 1. The lowest BCUT2D eigenvalue weighted by atomic mass is 10.1. The lowest BCUT2D eigenvalue weighted by Gasteiger charge is -2.17. The van der Waals surface area contributed by atoms with Crippen molar-refractivity contribution in [3.05, 3.63) is 81.9 Å². The second-order valence-electron chi connectivity index (χ2n) is 5.95. The number of hydrogen-bond acceptors (Lipinski definition) is 5. The maximum atomic E-state index is 12.7. The summed E-state index contributed by atoms with van der Waals surface area (Å²) in [7, 11) is 1.67. The van der Waals surface area contributed by atoms with Crippen LogP contribution in [0.15, 0.2) is 55.1 Å². The molecular weight excluding hydrogens is 334 g/mol. The average Bonchev–Trinajstić information content (AvgIpc) is 3.17. The summed E-state index contributed by atoms with van der Waals surface area (Å²) < 4.78 is 1.29. The van der Waals surface area contributed by atoms with Crippen molar-refractivity contribution >= 4 is 11.6 Å². The number of nitrogens with zero attached hydrogens (tertiary/aromatic N) is 5. The van der Waals surface area contributed by atoms with Crippen molar-refractivity contribution in [1.29, 1.82) is 0 Å². The van der Waals surface area contributed by atoms with Gasteiger partial charge in [0.1, 0.15) is 18.3 Å². The molecule has 0 bridgehead atoms. The van der Waals surface area contributed by atoms with E-state index in [1.807, 2.05) is 31.2 Å². The molecular formula is C18H17N5O3. The van der Waals surface area contributed by atoms with Crippen molar-refractivity contribution in [2.45, 2.75) is 13.5 Å². The maximum absolute atomic E-state index is 12.7. The smallest absolute Gasteiger partial charge is 0.295 e. The zero-order valence-electron chi connectivity index (χ0n) is 14.4. The topological polar surface area (TPSA) is 94.2 Å². The Labute approximate surface area is 149 Å². The van der Waals surface area contributed by atoms with Crippen LogP contribution in [0.1, 0.15) is 21.5 Å². The second-order valence-corrected chi connectivity index (χ2v) is 5.95. The molecule has 3 aromatic rings. The lowest BCUT2D eigenvalue weighted by Crippen LogP contribution is -2.26. The largest absolute Gasteiger partial charge is 0.337 e. The van der Waals surface area contributed by atoms with E-state index in [0.29, 0.717) is 6.54 Å². The Morgan fingerprint density at radius 3 is 2.58 bits per heavy atom. The minimum atomic E-state index is -0.534. The van der Waals surface area contributed by atoms with Crippen LogP contribution in [0.3, 0.4) is 0 Å². The Bertz CT molecular complexity index is 936. The lowest BCUT2D eigenvalue weighted by molar-refractivity contribution is -0.384. The molecule has 0 aliphatic rings. The SMILES string of the molecule is Cc1ccc(CN(C)C(=O)c2ccc(-n3cncn3)c([N+](=O)[O-])c2)cc1. The first-order valence-corrected chi connectivity index (χ1v) is 7.90. The molecule has 3 rings (SSSR count). The number of carbonyl (C=O) groups is 1. The van der Waals surface area contributed by atoms with Gasteiger partial charge >= 0.3 is 0 Å². The molecule has 0 atom stereocenters. The van der Waals surface area contributed by atoms with Crippen LogP contribution >= 0.6 is 0 Å². The van der Waals surface area contributed by atoms with Gasteiger partial charge in [0.25, 0.3) is 11.6 Å². The molecule has 0 fully saturated rings. The number of carbonyl (C=O) groups excluding carboxylic acids is 1. The van der Waals surface area contributed by atoms with Crippen LogP contribution in [0.5, 0.6) is 0 Å². The van der Waals surface area contributed by atoms with Crippen molar-refractivity contribution in [2.24, 2.45) is 0 Å². The van der Waals surface area contributed by atoms with Gasteiger partial charge in [-0.25, -0.2) is 9.67 Å². The number of hydrogen-bond donors (Lipinski definition) is 0. The van der Waals surface area contributed by atoms with Crippen molar-refractivity contribution < 1.29 is 9.72 Å². The van der Waals surface area contributed by atoms with Gasteiger partial charge in [-0.05, 0) is 24.6 Å². The van der Waals surface area contributed by atoms with Crippen LogP contribution in [0.2, 0.25) is 0 Å². The maximum Gasteiger partial charge on any atom is 0.295 e. The van der Waals surface area contributed by atoms with Gasteiger partial charge in [-0.2, -0.15) is 5.10 Å². The van der Waals surface area contributed by atoms with Crippen molar-refractivity contribution in [2.75, 3.05) is 7.05 Å². The van der Waals surface area contributed by atoms with E-state index in [4.69, 9.17) is 0 Å². The minimum Gasteiger partial charge on any atom is -0.337 e. The summed E-state index contributed by atoms with van der Waals surface area (Å²) in [6, 6.07) is 12.2. The second kappa shape index (κ2) is 7.14. The molecule has 0 aliphatic carbocycles. The zero-order chi connectivity index (χ0) is 18.7. The molecule has 1 amide bonds. The van der Waals surface area contributed by atoms with E-state index in [1.165, 1.54) is 34.4 Å². The highest BCUT2D eigenvalue weighted by molar-refractivity contribution is 5.95. The van der Waals surface area contributed by atoms with Crippen LogP contribution in [0, 0.1) is 17.0 Å². The number of aromatic nitrogens is 3. The van der Waals surface area contributed by atoms with Crippen LogP contribution in [-0.4, -0.2) is 37.5 Å². The molecule has 8 nitrogen and oxygen atoms in total. The molecule has 0 spiro atoms. The summed E-state index contributed by atoms with van der Waals surface area (Å²) in [5, 5.41) is 15.3. The summed E-state index contributed by atoms with van der Waals surface area (Å²) in [5.41, 5.74) is 2.42. The van der Waals surface area contributed by atoms with Gasteiger partial charge in [0.05, 0.1) is 4.92 Å². The number of amides is 1. The van der Waals surface area contributed by atoms with Gasteiger partial charge in [-0.1, -0.05) is 29.8 Å². The van der Waals surface area contributed by atoms with Gasteiger partial charge in [0.15, 0.2) is 0 Å². The Kier molecular flexibility index (Phi) is 4.74. The fourth-order valence-electron chi connectivity index (χ4n) is 2.59. The first kappa shape index (κ1) is 17.3. The highest BCUT2D eigenvalue weighted by atomic mass is 16.6. The summed E-state index contributed by atoms with van der Waals surface area (Å²) in [6.45, 7) is 2.41. The number of nitro benzene ring substituents is 1. The van der Waals surface area contributed by atoms with Crippen LogP contribution in [-0.2, 0) is 6.54 Å². The zero-order valence-corrected chi connectivity index (χ0v) is 14.4. The summed E-state index contributed by atoms with van der Waals surface area (Å²) >= 11 is 0. The molecule has 1 heterocycles. The monoisotopic (exact) mass is 351 g/mol. The Hall–Kier alpha value is -3.55.